The number of aryl methyl sites for hydroxylation is 2. The molecular weight excluding hydrogens is 432 g/mol. The molecule has 1 aliphatic heterocycles. The first-order valence-corrected chi connectivity index (χ1v) is 12.2. The van der Waals surface area contributed by atoms with Crippen LogP contribution >= 0.6 is 0 Å². The van der Waals surface area contributed by atoms with Crippen molar-refractivity contribution in [2.75, 3.05) is 13.2 Å². The summed E-state index contributed by atoms with van der Waals surface area (Å²) in [6.07, 6.45) is 4.16. The van der Waals surface area contributed by atoms with Crippen LogP contribution in [0.2, 0.25) is 0 Å². The third kappa shape index (κ3) is 3.60. The Hall–Kier alpha value is -3.94. The van der Waals surface area contributed by atoms with E-state index in [-0.39, 0.29) is 0 Å². The van der Waals surface area contributed by atoms with Gasteiger partial charge in [-0.05, 0) is 60.6 Å². The molecule has 4 nitrogen and oxygen atoms in total. The largest absolute Gasteiger partial charge is 0.454 e. The summed E-state index contributed by atoms with van der Waals surface area (Å²) < 4.78 is 14.3. The lowest BCUT2D eigenvalue weighted by molar-refractivity contribution is -0.660. The Bertz CT molecular complexity index is 1600. The third-order valence-corrected chi connectivity index (χ3v) is 7.34. The van der Waals surface area contributed by atoms with Crippen molar-refractivity contribution in [3.63, 3.8) is 0 Å². The second kappa shape index (κ2) is 8.69. The minimum Gasteiger partial charge on any atom is -0.454 e. The van der Waals surface area contributed by atoms with Gasteiger partial charge in [0.15, 0.2) is 6.20 Å². The number of rotatable bonds is 3. The number of hydrogen-bond acceptors (Lipinski definition) is 3. The molecule has 6 rings (SSSR count). The van der Waals surface area contributed by atoms with E-state index in [0.29, 0.717) is 11.5 Å². The Labute approximate surface area is 205 Å². The van der Waals surface area contributed by atoms with Crippen LogP contribution in [-0.4, -0.2) is 13.2 Å². The first kappa shape index (κ1) is 21.6. The standard InChI is InChI=1S/C31H27N2O2/c1-20-6-12-25-26-13-11-24(19-32)29(23-9-7-21(8-10-23)22-14-17-34-18-15-22)31(26)35-30(25)28(20)27-5-3-4-16-33(27)2/h3-13,16,22H,14-15,17-18H2,1-2H3/q+1. The van der Waals surface area contributed by atoms with Crippen LogP contribution in [0.15, 0.2) is 77.3 Å². The minimum atomic E-state index is 0.535. The normalized spacial score (nSPS) is 14.4. The van der Waals surface area contributed by atoms with E-state index in [9.17, 15) is 5.26 Å². The number of benzene rings is 3. The average Bonchev–Trinajstić information content (AvgIpc) is 3.28. The summed E-state index contributed by atoms with van der Waals surface area (Å²) in [7, 11) is 2.05. The van der Waals surface area contributed by atoms with Crippen molar-refractivity contribution in [1.82, 2.24) is 0 Å². The van der Waals surface area contributed by atoms with Crippen LogP contribution in [0.4, 0.5) is 0 Å². The zero-order valence-corrected chi connectivity index (χ0v) is 20.0. The molecule has 35 heavy (non-hydrogen) atoms. The van der Waals surface area contributed by atoms with E-state index in [0.717, 1.165) is 75.9 Å². The molecule has 0 radical (unpaired) electrons. The predicted molar refractivity (Wildman–Crippen MR) is 138 cm³/mol. The smallest absolute Gasteiger partial charge is 0.216 e. The molecule has 0 aliphatic carbocycles. The SMILES string of the molecule is Cc1ccc2c(oc3c(-c4ccc(C5CCOCC5)cc4)c(C#N)ccc32)c1-c1cccc[n+]1C. The van der Waals surface area contributed by atoms with Gasteiger partial charge in [-0.15, -0.1) is 0 Å². The molecule has 3 heterocycles. The van der Waals surface area contributed by atoms with E-state index in [4.69, 9.17) is 9.15 Å². The fourth-order valence-corrected chi connectivity index (χ4v) is 5.44. The van der Waals surface area contributed by atoms with Crippen molar-refractivity contribution in [1.29, 1.82) is 5.26 Å². The Balaban J connectivity index is 1.57. The van der Waals surface area contributed by atoms with Crippen molar-refractivity contribution in [3.8, 4) is 28.5 Å². The number of pyridine rings is 1. The molecule has 1 saturated heterocycles. The zero-order valence-electron chi connectivity index (χ0n) is 20.0. The Morgan fingerprint density at radius 1 is 0.857 bits per heavy atom. The van der Waals surface area contributed by atoms with Crippen molar-refractivity contribution in [3.05, 3.63) is 89.6 Å². The summed E-state index contributed by atoms with van der Waals surface area (Å²) in [5.74, 6) is 0.535. The Morgan fingerprint density at radius 2 is 1.57 bits per heavy atom. The zero-order chi connectivity index (χ0) is 23.9. The topological polar surface area (TPSA) is 50.0 Å². The molecule has 0 spiro atoms. The van der Waals surface area contributed by atoms with E-state index in [1.807, 2.05) is 18.2 Å². The maximum Gasteiger partial charge on any atom is 0.216 e. The number of ether oxygens (including phenoxy) is 1. The van der Waals surface area contributed by atoms with E-state index < -0.39 is 0 Å². The molecule has 0 amide bonds. The monoisotopic (exact) mass is 459 g/mol. The third-order valence-electron chi connectivity index (χ3n) is 7.34. The molecule has 4 heteroatoms. The van der Waals surface area contributed by atoms with Crippen molar-refractivity contribution in [2.24, 2.45) is 7.05 Å². The van der Waals surface area contributed by atoms with Gasteiger partial charge in [-0.25, -0.2) is 4.57 Å². The van der Waals surface area contributed by atoms with Gasteiger partial charge < -0.3 is 9.15 Å². The number of aromatic nitrogens is 1. The lowest BCUT2D eigenvalue weighted by atomic mass is 9.89. The predicted octanol–water partition coefficient (Wildman–Crippen LogP) is 6.82. The highest BCUT2D eigenvalue weighted by Crippen LogP contribution is 2.42. The van der Waals surface area contributed by atoms with Crippen molar-refractivity contribution >= 4 is 21.9 Å². The molecule has 0 unspecified atom stereocenters. The highest BCUT2D eigenvalue weighted by Gasteiger charge is 2.23. The molecule has 3 aromatic carbocycles. The number of nitrogens with zero attached hydrogens (tertiary/aromatic N) is 2. The molecule has 0 N–H and O–H groups in total. The van der Waals surface area contributed by atoms with Gasteiger partial charge in [0.1, 0.15) is 18.2 Å². The lowest BCUT2D eigenvalue weighted by Crippen LogP contribution is -2.30. The molecule has 172 valence electrons. The van der Waals surface area contributed by atoms with Gasteiger partial charge in [0.05, 0.1) is 17.2 Å². The molecule has 5 aromatic rings. The van der Waals surface area contributed by atoms with Crippen molar-refractivity contribution in [2.45, 2.75) is 25.7 Å². The van der Waals surface area contributed by atoms with Crippen LogP contribution in [0.3, 0.4) is 0 Å². The fraction of sp³-hybridized carbons (Fsp3) is 0.226. The molecule has 2 aromatic heterocycles. The summed E-state index contributed by atoms with van der Waals surface area (Å²) in [5, 5.41) is 12.1. The summed E-state index contributed by atoms with van der Waals surface area (Å²) in [4.78, 5) is 0. The Kier molecular flexibility index (Phi) is 5.36. The van der Waals surface area contributed by atoms with Gasteiger partial charge in [0.25, 0.3) is 0 Å². The van der Waals surface area contributed by atoms with Gasteiger partial charge in [-0.1, -0.05) is 36.4 Å². The number of fused-ring (bicyclic) bond motifs is 3. The molecule has 1 aliphatic rings. The summed E-state index contributed by atoms with van der Waals surface area (Å²) in [6, 6.07) is 25.5. The van der Waals surface area contributed by atoms with Crippen LogP contribution in [0.5, 0.6) is 0 Å². The molecular formula is C31H27N2O2+. The maximum atomic E-state index is 9.98. The van der Waals surface area contributed by atoms with Crippen LogP contribution in [0.1, 0.15) is 35.4 Å². The van der Waals surface area contributed by atoms with E-state index in [1.165, 1.54) is 5.56 Å². The second-order valence-corrected chi connectivity index (χ2v) is 9.42. The van der Waals surface area contributed by atoms with Gasteiger partial charge >= 0.3 is 0 Å². The maximum absolute atomic E-state index is 9.98. The average molecular weight is 460 g/mol. The van der Waals surface area contributed by atoms with Gasteiger partial charge in [0.2, 0.25) is 5.69 Å². The van der Waals surface area contributed by atoms with Crippen molar-refractivity contribution < 1.29 is 13.7 Å². The van der Waals surface area contributed by atoms with E-state index in [1.54, 1.807) is 0 Å². The van der Waals surface area contributed by atoms with E-state index in [2.05, 4.69) is 79.3 Å². The minimum absolute atomic E-state index is 0.535. The van der Waals surface area contributed by atoms with Crippen LogP contribution in [-0.2, 0) is 11.8 Å². The number of furan rings is 1. The quantitative estimate of drug-likeness (QED) is 0.278. The molecule has 1 fully saturated rings. The summed E-state index contributed by atoms with van der Waals surface area (Å²) >= 11 is 0. The van der Waals surface area contributed by atoms with Crippen LogP contribution in [0.25, 0.3) is 44.3 Å². The molecule has 0 atom stereocenters. The van der Waals surface area contributed by atoms with Gasteiger partial charge in [-0.2, -0.15) is 5.26 Å². The Morgan fingerprint density at radius 3 is 2.29 bits per heavy atom. The highest BCUT2D eigenvalue weighted by atomic mass is 16.5. The van der Waals surface area contributed by atoms with Crippen LogP contribution in [0, 0.1) is 18.3 Å². The summed E-state index contributed by atoms with van der Waals surface area (Å²) in [6.45, 7) is 3.76. The lowest BCUT2D eigenvalue weighted by Gasteiger charge is -2.22. The number of nitriles is 1. The summed E-state index contributed by atoms with van der Waals surface area (Å²) in [5.41, 5.74) is 8.78. The van der Waals surface area contributed by atoms with Crippen LogP contribution < -0.4 is 4.57 Å². The highest BCUT2D eigenvalue weighted by molar-refractivity contribution is 6.13. The first-order valence-electron chi connectivity index (χ1n) is 12.2. The molecule has 0 bridgehead atoms. The fourth-order valence-electron chi connectivity index (χ4n) is 5.44. The van der Waals surface area contributed by atoms with Gasteiger partial charge in [-0.3, -0.25) is 0 Å². The first-order chi connectivity index (χ1) is 17.2. The van der Waals surface area contributed by atoms with Gasteiger partial charge in [0, 0.05) is 41.7 Å². The molecule has 0 saturated carbocycles. The second-order valence-electron chi connectivity index (χ2n) is 9.42. The van der Waals surface area contributed by atoms with E-state index >= 15 is 0 Å². The number of hydrogen-bond donors (Lipinski definition) is 0.